The summed E-state index contributed by atoms with van der Waals surface area (Å²) in [6.07, 6.45) is 5.93. The van der Waals surface area contributed by atoms with E-state index in [0.29, 0.717) is 17.5 Å². The van der Waals surface area contributed by atoms with E-state index < -0.39 is 0 Å². The van der Waals surface area contributed by atoms with Crippen LogP contribution in [-0.4, -0.2) is 42.9 Å². The zero-order chi connectivity index (χ0) is 16.4. The summed E-state index contributed by atoms with van der Waals surface area (Å²) >= 11 is 0. The van der Waals surface area contributed by atoms with Crippen molar-refractivity contribution in [2.45, 2.75) is 44.2 Å². The van der Waals surface area contributed by atoms with E-state index in [4.69, 9.17) is 0 Å². The molecule has 3 unspecified atom stereocenters. The summed E-state index contributed by atoms with van der Waals surface area (Å²) in [6, 6.07) is 7.50. The Labute approximate surface area is 149 Å². The molecule has 6 heteroatoms. The first-order valence-electron chi connectivity index (χ1n) is 8.43. The maximum atomic E-state index is 12.4. The second kappa shape index (κ2) is 7.99. The Bertz CT molecular complexity index is 574. The van der Waals surface area contributed by atoms with E-state index in [-0.39, 0.29) is 30.3 Å². The predicted molar refractivity (Wildman–Crippen MR) is 97.6 cm³/mol. The quantitative estimate of drug-likeness (QED) is 0.880. The molecule has 2 N–H and O–H groups in total. The van der Waals surface area contributed by atoms with Crippen molar-refractivity contribution in [1.29, 1.82) is 0 Å². The van der Waals surface area contributed by atoms with Crippen LogP contribution in [-0.2, 0) is 4.79 Å². The largest absolute Gasteiger partial charge is 0.345 e. The maximum Gasteiger partial charge on any atom is 0.253 e. The fourth-order valence-electron chi connectivity index (χ4n) is 3.70. The highest BCUT2D eigenvalue weighted by molar-refractivity contribution is 5.97. The lowest BCUT2D eigenvalue weighted by Gasteiger charge is -2.24. The molecule has 2 fully saturated rings. The van der Waals surface area contributed by atoms with Crippen molar-refractivity contribution < 1.29 is 9.59 Å². The standard InChI is InChI=1S/C18H25N3O2.ClH/c1-21(2)18(23)12-7-9-14(10-8-12)19-17(22)16-11-13-5-3-4-6-15(13)20-16;/h7-10,13,15-16,20H,3-6,11H2,1-2H3,(H,19,22);1H. The first-order chi connectivity index (χ1) is 11.0. The molecule has 0 bridgehead atoms. The van der Waals surface area contributed by atoms with Crippen molar-refractivity contribution in [1.82, 2.24) is 10.2 Å². The highest BCUT2D eigenvalue weighted by Crippen LogP contribution is 2.33. The van der Waals surface area contributed by atoms with E-state index in [1.807, 2.05) is 0 Å². The number of hydrogen-bond donors (Lipinski definition) is 2. The number of carbonyl (C=O) groups is 2. The van der Waals surface area contributed by atoms with Gasteiger partial charge in [0.2, 0.25) is 5.91 Å². The van der Waals surface area contributed by atoms with Crippen LogP contribution in [0, 0.1) is 5.92 Å². The van der Waals surface area contributed by atoms with E-state index in [1.54, 1.807) is 38.4 Å². The minimum absolute atomic E-state index is 0. The Balaban J connectivity index is 0.00000208. The summed E-state index contributed by atoms with van der Waals surface area (Å²) in [5.74, 6) is 0.648. The lowest BCUT2D eigenvalue weighted by molar-refractivity contribution is -0.117. The normalized spacial score (nSPS) is 25.3. The van der Waals surface area contributed by atoms with Crippen molar-refractivity contribution in [3.8, 4) is 0 Å². The van der Waals surface area contributed by atoms with Crippen LogP contribution in [0.2, 0.25) is 0 Å². The molecule has 2 aliphatic rings. The monoisotopic (exact) mass is 351 g/mol. The van der Waals surface area contributed by atoms with Gasteiger partial charge in [-0.15, -0.1) is 12.4 Å². The molecule has 0 radical (unpaired) electrons. The van der Waals surface area contributed by atoms with Crippen LogP contribution < -0.4 is 10.6 Å². The van der Waals surface area contributed by atoms with Crippen LogP contribution in [0.5, 0.6) is 0 Å². The molecular weight excluding hydrogens is 326 g/mol. The van der Waals surface area contributed by atoms with Crippen LogP contribution in [0.15, 0.2) is 24.3 Å². The molecule has 0 spiro atoms. The van der Waals surface area contributed by atoms with Crippen LogP contribution in [0.4, 0.5) is 5.69 Å². The third kappa shape index (κ3) is 4.08. The molecule has 1 aromatic carbocycles. The molecule has 2 amide bonds. The highest BCUT2D eigenvalue weighted by atomic mass is 35.5. The van der Waals surface area contributed by atoms with Gasteiger partial charge in [-0.1, -0.05) is 12.8 Å². The van der Waals surface area contributed by atoms with Gasteiger partial charge < -0.3 is 15.5 Å². The summed E-state index contributed by atoms with van der Waals surface area (Å²) in [5, 5.41) is 6.45. The first kappa shape index (κ1) is 18.7. The van der Waals surface area contributed by atoms with Crippen LogP contribution in [0.1, 0.15) is 42.5 Å². The smallest absolute Gasteiger partial charge is 0.253 e. The van der Waals surface area contributed by atoms with E-state index in [9.17, 15) is 9.59 Å². The number of nitrogens with one attached hydrogen (secondary N) is 2. The SMILES string of the molecule is CN(C)C(=O)c1ccc(NC(=O)C2CC3CCCCC3N2)cc1.Cl. The molecule has 1 saturated carbocycles. The Kier molecular flexibility index (Phi) is 6.24. The van der Waals surface area contributed by atoms with Gasteiger partial charge in [0.25, 0.3) is 5.91 Å². The lowest BCUT2D eigenvalue weighted by Crippen LogP contribution is -2.39. The van der Waals surface area contributed by atoms with Gasteiger partial charge in [0, 0.05) is 31.4 Å². The van der Waals surface area contributed by atoms with Gasteiger partial charge in [-0.3, -0.25) is 9.59 Å². The Morgan fingerprint density at radius 2 is 1.79 bits per heavy atom. The number of hydrogen-bond acceptors (Lipinski definition) is 3. The fourth-order valence-corrected chi connectivity index (χ4v) is 3.70. The number of carbonyl (C=O) groups excluding carboxylic acids is 2. The molecule has 1 saturated heterocycles. The zero-order valence-corrected chi connectivity index (χ0v) is 15.1. The number of nitrogens with zero attached hydrogens (tertiary/aromatic N) is 1. The summed E-state index contributed by atoms with van der Waals surface area (Å²) in [4.78, 5) is 25.8. The minimum atomic E-state index is -0.0915. The summed E-state index contributed by atoms with van der Waals surface area (Å²) in [5.41, 5.74) is 1.36. The van der Waals surface area contributed by atoms with Crippen molar-refractivity contribution in [2.24, 2.45) is 5.92 Å². The van der Waals surface area contributed by atoms with Gasteiger partial charge in [0.05, 0.1) is 6.04 Å². The van der Waals surface area contributed by atoms with E-state index in [0.717, 1.165) is 12.1 Å². The van der Waals surface area contributed by atoms with Gasteiger partial charge in [0.15, 0.2) is 0 Å². The summed E-state index contributed by atoms with van der Waals surface area (Å²) in [7, 11) is 3.45. The van der Waals surface area contributed by atoms with Crippen molar-refractivity contribution in [3.05, 3.63) is 29.8 Å². The van der Waals surface area contributed by atoms with Gasteiger partial charge in [-0.2, -0.15) is 0 Å². The molecule has 1 aromatic rings. The van der Waals surface area contributed by atoms with Crippen molar-refractivity contribution in [3.63, 3.8) is 0 Å². The van der Waals surface area contributed by atoms with Gasteiger partial charge in [-0.25, -0.2) is 0 Å². The zero-order valence-electron chi connectivity index (χ0n) is 14.2. The van der Waals surface area contributed by atoms with Crippen LogP contribution >= 0.6 is 12.4 Å². The number of amides is 2. The molecule has 24 heavy (non-hydrogen) atoms. The van der Waals surface area contributed by atoms with Crippen LogP contribution in [0.25, 0.3) is 0 Å². The Hall–Kier alpha value is -1.59. The molecule has 1 heterocycles. The minimum Gasteiger partial charge on any atom is -0.345 e. The van der Waals surface area contributed by atoms with Gasteiger partial charge in [0.1, 0.15) is 0 Å². The van der Waals surface area contributed by atoms with Crippen molar-refractivity contribution >= 4 is 29.9 Å². The van der Waals surface area contributed by atoms with E-state index in [1.165, 1.54) is 30.6 Å². The third-order valence-corrected chi connectivity index (χ3v) is 4.98. The number of halogens is 1. The predicted octanol–water partition coefficient (Wildman–Crippen LogP) is 2.67. The molecule has 3 rings (SSSR count). The topological polar surface area (TPSA) is 61.4 Å². The van der Waals surface area contributed by atoms with E-state index in [2.05, 4.69) is 10.6 Å². The van der Waals surface area contributed by atoms with Gasteiger partial charge in [-0.05, 0) is 49.4 Å². The lowest BCUT2D eigenvalue weighted by atomic mass is 9.85. The second-order valence-electron chi connectivity index (χ2n) is 6.87. The molecule has 5 nitrogen and oxygen atoms in total. The van der Waals surface area contributed by atoms with Gasteiger partial charge >= 0.3 is 0 Å². The molecular formula is C18H26ClN3O2. The second-order valence-corrected chi connectivity index (χ2v) is 6.87. The maximum absolute atomic E-state index is 12.4. The van der Waals surface area contributed by atoms with Crippen molar-refractivity contribution in [2.75, 3.05) is 19.4 Å². The van der Waals surface area contributed by atoms with Crippen LogP contribution in [0.3, 0.4) is 0 Å². The summed E-state index contributed by atoms with van der Waals surface area (Å²) in [6.45, 7) is 0. The number of fused-ring (bicyclic) bond motifs is 1. The molecule has 3 atom stereocenters. The molecule has 132 valence electrons. The number of rotatable bonds is 3. The molecule has 1 aliphatic carbocycles. The third-order valence-electron chi connectivity index (χ3n) is 4.98. The molecule has 0 aromatic heterocycles. The summed E-state index contributed by atoms with van der Waals surface area (Å²) < 4.78 is 0. The Morgan fingerprint density at radius 1 is 1.12 bits per heavy atom. The highest BCUT2D eigenvalue weighted by Gasteiger charge is 2.38. The molecule has 1 aliphatic heterocycles. The first-order valence-corrected chi connectivity index (χ1v) is 8.43. The van der Waals surface area contributed by atoms with E-state index >= 15 is 0 Å². The number of anilines is 1. The number of benzene rings is 1. The average Bonchev–Trinajstić information content (AvgIpc) is 2.99. The average molecular weight is 352 g/mol. The fraction of sp³-hybridized carbons (Fsp3) is 0.556. The Morgan fingerprint density at radius 3 is 2.42 bits per heavy atom.